The molecule has 1 saturated heterocycles. The van der Waals surface area contributed by atoms with E-state index in [1.54, 1.807) is 0 Å². The van der Waals surface area contributed by atoms with Crippen LogP contribution >= 0.6 is 0 Å². The summed E-state index contributed by atoms with van der Waals surface area (Å²) in [5.74, 6) is -2.73. The van der Waals surface area contributed by atoms with Gasteiger partial charge in [0, 0.05) is 36.4 Å². The van der Waals surface area contributed by atoms with Crippen LogP contribution in [0.3, 0.4) is 0 Å². The largest absolute Gasteiger partial charge is 0.454 e. The number of hydrogen-bond donors (Lipinski definition) is 0. The quantitative estimate of drug-likeness (QED) is 0.147. The lowest BCUT2D eigenvalue weighted by atomic mass is 10.0. The Morgan fingerprint density at radius 2 is 0.977 bits per heavy atom. The Morgan fingerprint density at radius 1 is 0.628 bits per heavy atom. The number of ether oxygens (including phenoxy) is 4. The Morgan fingerprint density at radius 3 is 1.35 bits per heavy atom. The van der Waals surface area contributed by atoms with Crippen molar-refractivity contribution in [3.8, 4) is 0 Å². The lowest BCUT2D eigenvalue weighted by Crippen LogP contribution is -2.51. The molecule has 3 aromatic carbocycles. The van der Waals surface area contributed by atoms with Crippen LogP contribution in [-0.2, 0) is 18.9 Å². The van der Waals surface area contributed by atoms with Gasteiger partial charge < -0.3 is 18.9 Å². The molecule has 3 aromatic rings. The van der Waals surface area contributed by atoms with Crippen molar-refractivity contribution in [3.63, 3.8) is 0 Å². The molecule has 0 aromatic heterocycles. The van der Waals surface area contributed by atoms with Crippen LogP contribution in [0, 0.1) is 30.3 Å². The molecule has 0 N–H and O–H groups in total. The normalized spacial score (nSPS) is 19.5. The molecule has 16 nitrogen and oxygen atoms in total. The highest BCUT2D eigenvalue weighted by Crippen LogP contribution is 2.29. The van der Waals surface area contributed by atoms with Gasteiger partial charge in [-0.3, -0.25) is 30.3 Å². The van der Waals surface area contributed by atoms with E-state index in [-0.39, 0.29) is 40.2 Å². The highest BCUT2D eigenvalue weighted by atomic mass is 16.7. The van der Waals surface area contributed by atoms with E-state index in [0.717, 1.165) is 36.4 Å². The molecule has 4 unspecified atom stereocenters. The number of nitro groups is 3. The van der Waals surface area contributed by atoms with E-state index >= 15 is 0 Å². The molecule has 0 amide bonds. The Bertz CT molecular complexity index is 1560. The average Bonchev–Trinajstić information content (AvgIpc) is 2.98. The second-order valence-corrected chi connectivity index (χ2v) is 9.14. The molecule has 1 aliphatic heterocycles. The van der Waals surface area contributed by atoms with Gasteiger partial charge >= 0.3 is 17.9 Å². The summed E-state index contributed by atoms with van der Waals surface area (Å²) in [5.41, 5.74) is -0.861. The minimum atomic E-state index is -1.30. The molecule has 1 fully saturated rings. The predicted octanol–water partition coefficient (Wildman–Crippen LogP) is 4.15. The molecular weight excluding hydrogens is 574 g/mol. The van der Waals surface area contributed by atoms with Gasteiger partial charge in [0.25, 0.3) is 17.1 Å². The van der Waals surface area contributed by atoms with Crippen LogP contribution in [-0.4, -0.2) is 57.3 Å². The summed E-state index contributed by atoms with van der Waals surface area (Å²) < 4.78 is 22.2. The van der Waals surface area contributed by atoms with E-state index in [1.165, 1.54) is 43.3 Å². The standard InChI is InChI=1S/C27H21N3O13/c1-15-24(43-27(33)18-6-12-21(13-7-18)30(38)39)22(41-25(31)16-2-8-19(9-3-16)28(34)35)14-23(40-15)42-26(32)17-4-10-20(11-5-17)29(36)37/h2-13,15,22-24H,14H2,1H3. The first-order chi connectivity index (χ1) is 20.4. The molecule has 0 saturated carbocycles. The maximum Gasteiger partial charge on any atom is 0.340 e. The van der Waals surface area contributed by atoms with Crippen molar-refractivity contribution in [3.05, 3.63) is 120 Å². The Balaban J connectivity index is 1.53. The van der Waals surface area contributed by atoms with Crippen LogP contribution in [0.25, 0.3) is 0 Å². The highest BCUT2D eigenvalue weighted by Gasteiger charge is 2.43. The van der Waals surface area contributed by atoms with Crippen molar-refractivity contribution in [2.45, 2.75) is 37.9 Å². The molecule has 222 valence electrons. The van der Waals surface area contributed by atoms with Crippen LogP contribution in [0.5, 0.6) is 0 Å². The van der Waals surface area contributed by atoms with Crippen molar-refractivity contribution in [2.24, 2.45) is 0 Å². The lowest BCUT2D eigenvalue weighted by Gasteiger charge is -2.38. The Labute approximate surface area is 241 Å². The second kappa shape index (κ2) is 12.8. The molecule has 1 heterocycles. The zero-order valence-corrected chi connectivity index (χ0v) is 22.1. The summed E-state index contributed by atoms with van der Waals surface area (Å²) in [6, 6.07) is 13.7. The van der Waals surface area contributed by atoms with Gasteiger partial charge in [-0.2, -0.15) is 0 Å². The maximum atomic E-state index is 12.9. The van der Waals surface area contributed by atoms with Gasteiger partial charge in [-0.05, 0) is 43.3 Å². The average molecular weight is 595 g/mol. The third-order valence-electron chi connectivity index (χ3n) is 6.30. The Hall–Kier alpha value is -5.77. The molecule has 4 rings (SSSR count). The molecule has 43 heavy (non-hydrogen) atoms. The molecule has 0 spiro atoms. The molecule has 0 aliphatic carbocycles. The van der Waals surface area contributed by atoms with Crippen molar-refractivity contribution in [2.75, 3.05) is 0 Å². The summed E-state index contributed by atoms with van der Waals surface area (Å²) in [5, 5.41) is 32.8. The number of carbonyl (C=O) groups is 3. The van der Waals surface area contributed by atoms with E-state index in [9.17, 15) is 44.7 Å². The summed E-state index contributed by atoms with van der Waals surface area (Å²) in [6.45, 7) is 1.46. The molecule has 1 aliphatic rings. The molecule has 16 heteroatoms. The zero-order valence-electron chi connectivity index (χ0n) is 22.1. The van der Waals surface area contributed by atoms with Crippen LogP contribution < -0.4 is 0 Å². The van der Waals surface area contributed by atoms with Crippen LogP contribution in [0.15, 0.2) is 72.8 Å². The minimum Gasteiger partial charge on any atom is -0.454 e. The number of benzene rings is 3. The fourth-order valence-corrected chi connectivity index (χ4v) is 4.10. The molecule has 4 atom stereocenters. The maximum absolute atomic E-state index is 12.9. The smallest absolute Gasteiger partial charge is 0.340 e. The number of rotatable bonds is 9. The first-order valence-corrected chi connectivity index (χ1v) is 12.4. The van der Waals surface area contributed by atoms with Gasteiger partial charge in [0.15, 0.2) is 6.10 Å². The van der Waals surface area contributed by atoms with Crippen molar-refractivity contribution in [1.82, 2.24) is 0 Å². The molecular formula is C27H21N3O13. The number of nitro benzene ring substituents is 3. The van der Waals surface area contributed by atoms with Crippen molar-refractivity contribution in [1.29, 1.82) is 0 Å². The van der Waals surface area contributed by atoms with E-state index < -0.39 is 57.3 Å². The fraction of sp³-hybridized carbons (Fsp3) is 0.222. The first-order valence-electron chi connectivity index (χ1n) is 12.4. The Kier molecular flexibility index (Phi) is 9.00. The topological polar surface area (TPSA) is 218 Å². The van der Waals surface area contributed by atoms with Crippen molar-refractivity contribution >= 4 is 35.0 Å². The minimum absolute atomic E-state index is 0.0204. The van der Waals surface area contributed by atoms with Crippen LogP contribution in [0.1, 0.15) is 44.4 Å². The summed E-state index contributed by atoms with van der Waals surface area (Å²) in [6.07, 6.45) is -5.11. The summed E-state index contributed by atoms with van der Waals surface area (Å²) >= 11 is 0. The number of esters is 3. The van der Waals surface area contributed by atoms with Crippen LogP contribution in [0.4, 0.5) is 17.1 Å². The first kappa shape index (κ1) is 30.2. The zero-order chi connectivity index (χ0) is 31.3. The van der Waals surface area contributed by atoms with Gasteiger partial charge in [0.05, 0.1) is 44.0 Å². The van der Waals surface area contributed by atoms with Crippen LogP contribution in [0.2, 0.25) is 0 Å². The van der Waals surface area contributed by atoms with Gasteiger partial charge in [0.1, 0.15) is 6.10 Å². The summed E-state index contributed by atoms with van der Waals surface area (Å²) in [7, 11) is 0. The van der Waals surface area contributed by atoms with E-state index in [4.69, 9.17) is 18.9 Å². The SMILES string of the molecule is CC1OC(OC(=O)c2ccc([N+](=O)[O-])cc2)CC(OC(=O)c2ccc([N+](=O)[O-])cc2)C1OC(=O)c1ccc([N+](=O)[O-])cc1. The highest BCUT2D eigenvalue weighted by molar-refractivity contribution is 5.91. The number of non-ortho nitro benzene ring substituents is 3. The number of hydrogen-bond acceptors (Lipinski definition) is 13. The third-order valence-corrected chi connectivity index (χ3v) is 6.30. The lowest BCUT2D eigenvalue weighted by molar-refractivity contribution is -0.385. The molecule has 0 radical (unpaired) electrons. The van der Waals surface area contributed by atoms with Gasteiger partial charge in [0.2, 0.25) is 6.29 Å². The summed E-state index contributed by atoms with van der Waals surface area (Å²) in [4.78, 5) is 69.3. The predicted molar refractivity (Wildman–Crippen MR) is 142 cm³/mol. The second-order valence-electron chi connectivity index (χ2n) is 9.14. The third kappa shape index (κ3) is 7.31. The fourth-order valence-electron chi connectivity index (χ4n) is 4.10. The van der Waals surface area contributed by atoms with E-state index in [1.807, 2.05) is 0 Å². The van der Waals surface area contributed by atoms with Gasteiger partial charge in [-0.15, -0.1) is 0 Å². The van der Waals surface area contributed by atoms with Gasteiger partial charge in [-0.25, -0.2) is 14.4 Å². The molecule has 0 bridgehead atoms. The van der Waals surface area contributed by atoms with E-state index in [0.29, 0.717) is 0 Å². The number of carbonyl (C=O) groups excluding carboxylic acids is 3. The number of nitrogens with zero attached hydrogens (tertiary/aromatic N) is 3. The van der Waals surface area contributed by atoms with Crippen molar-refractivity contribution < 1.29 is 48.1 Å². The van der Waals surface area contributed by atoms with E-state index in [2.05, 4.69) is 0 Å². The monoisotopic (exact) mass is 595 g/mol. The van der Waals surface area contributed by atoms with Gasteiger partial charge in [-0.1, -0.05) is 0 Å².